The normalized spacial score (nSPS) is 11.4. The Hall–Kier alpha value is 0.290. The van der Waals surface area contributed by atoms with Crippen molar-refractivity contribution in [3.05, 3.63) is 0 Å². The first-order valence-electron chi connectivity index (χ1n) is 15.5. The van der Waals surface area contributed by atoms with Crippen LogP contribution in [0.3, 0.4) is 0 Å². The number of halogens is 1. The second-order valence-corrected chi connectivity index (χ2v) is 11.0. The van der Waals surface area contributed by atoms with Crippen molar-refractivity contribution in [1.82, 2.24) is 0 Å². The highest BCUT2D eigenvalue weighted by molar-refractivity contribution is 6.17. The second-order valence-electron chi connectivity index (χ2n) is 10.6. The Morgan fingerprint density at radius 2 is 0.406 bits per heavy atom. The number of hydrogen-bond donors (Lipinski definition) is 0. The molecule has 0 atom stereocenters. The van der Waals surface area contributed by atoms with E-state index >= 15 is 0 Å². The fourth-order valence-electron chi connectivity index (χ4n) is 4.94. The van der Waals surface area contributed by atoms with Gasteiger partial charge in [-0.3, -0.25) is 0 Å². The van der Waals surface area contributed by atoms with Crippen molar-refractivity contribution in [3.63, 3.8) is 0 Å². The summed E-state index contributed by atoms with van der Waals surface area (Å²) < 4.78 is 0. The Kier molecular flexibility index (Phi) is 31.6. The lowest BCUT2D eigenvalue weighted by Gasteiger charge is -2.04. The first kappa shape index (κ1) is 32.3. The zero-order chi connectivity index (χ0) is 23.2. The van der Waals surface area contributed by atoms with Crippen molar-refractivity contribution in [2.45, 2.75) is 193 Å². The maximum atomic E-state index is 5.71. The molecule has 0 nitrogen and oxygen atoms in total. The highest BCUT2D eigenvalue weighted by Gasteiger charge is 1.96. The lowest BCUT2D eigenvalue weighted by atomic mass is 10.0. The first-order valence-corrected chi connectivity index (χ1v) is 16.0. The van der Waals surface area contributed by atoms with Crippen LogP contribution in [0.25, 0.3) is 0 Å². The van der Waals surface area contributed by atoms with E-state index < -0.39 is 0 Å². The third-order valence-corrected chi connectivity index (χ3v) is 7.50. The summed E-state index contributed by atoms with van der Waals surface area (Å²) in [7, 11) is 0. The number of unbranched alkanes of at least 4 members (excludes halogenated alkanes) is 28. The predicted molar refractivity (Wildman–Crippen MR) is 150 cm³/mol. The number of hydrogen-bond acceptors (Lipinski definition) is 0. The van der Waals surface area contributed by atoms with Crippen LogP contribution in [-0.2, 0) is 0 Å². The molecule has 0 saturated carbocycles. The summed E-state index contributed by atoms with van der Waals surface area (Å²) in [4.78, 5) is 0. The van der Waals surface area contributed by atoms with Gasteiger partial charge in [0.05, 0.1) is 0 Å². The average molecular weight is 471 g/mol. The van der Waals surface area contributed by atoms with E-state index in [1.54, 1.807) is 0 Å². The van der Waals surface area contributed by atoms with Crippen molar-refractivity contribution in [3.8, 4) is 0 Å². The SMILES string of the molecule is CCCCCCCCCCCCCCCCCCCCCCCCCCCCCCCCl. The van der Waals surface area contributed by atoms with Crippen molar-refractivity contribution >= 4 is 11.6 Å². The summed E-state index contributed by atoms with van der Waals surface area (Å²) in [5.41, 5.74) is 0. The summed E-state index contributed by atoms with van der Waals surface area (Å²) in [6.07, 6.45) is 42.2. The summed E-state index contributed by atoms with van der Waals surface area (Å²) in [5.74, 6) is 0.847. The van der Waals surface area contributed by atoms with Gasteiger partial charge in [0.25, 0.3) is 0 Å². The van der Waals surface area contributed by atoms with Gasteiger partial charge >= 0.3 is 0 Å². The summed E-state index contributed by atoms with van der Waals surface area (Å²) in [6.45, 7) is 2.30. The third-order valence-electron chi connectivity index (χ3n) is 7.24. The molecule has 0 heterocycles. The lowest BCUT2D eigenvalue weighted by molar-refractivity contribution is 0.514. The van der Waals surface area contributed by atoms with E-state index in [1.807, 2.05) is 0 Å². The Morgan fingerprint density at radius 3 is 0.562 bits per heavy atom. The van der Waals surface area contributed by atoms with Gasteiger partial charge in [-0.25, -0.2) is 0 Å². The van der Waals surface area contributed by atoms with Gasteiger partial charge in [-0.15, -0.1) is 11.6 Å². The first-order chi connectivity index (χ1) is 15.9. The van der Waals surface area contributed by atoms with Crippen molar-refractivity contribution in [2.75, 3.05) is 5.88 Å². The minimum Gasteiger partial charge on any atom is -0.127 e. The molecule has 0 aliphatic rings. The standard InChI is InChI=1S/C31H63Cl/c1-2-3-4-5-6-7-8-9-10-11-12-13-14-15-16-17-18-19-20-21-22-23-24-25-26-27-28-29-30-31-32/h2-31H2,1H3. The highest BCUT2D eigenvalue weighted by atomic mass is 35.5. The highest BCUT2D eigenvalue weighted by Crippen LogP contribution is 2.16. The van der Waals surface area contributed by atoms with E-state index in [9.17, 15) is 0 Å². The Morgan fingerprint density at radius 1 is 0.250 bits per heavy atom. The molecule has 0 N–H and O–H groups in total. The summed E-state index contributed by atoms with van der Waals surface area (Å²) >= 11 is 5.71. The van der Waals surface area contributed by atoms with Gasteiger partial charge in [-0.1, -0.05) is 187 Å². The van der Waals surface area contributed by atoms with Crippen LogP contribution in [0.15, 0.2) is 0 Å². The van der Waals surface area contributed by atoms with E-state index in [0.29, 0.717) is 0 Å². The van der Waals surface area contributed by atoms with Crippen molar-refractivity contribution in [1.29, 1.82) is 0 Å². The smallest absolute Gasteiger partial charge is 0.0223 e. The topological polar surface area (TPSA) is 0 Å². The zero-order valence-electron chi connectivity index (χ0n) is 22.6. The fourth-order valence-corrected chi connectivity index (χ4v) is 5.13. The molecule has 0 fully saturated rings. The Bertz CT molecular complexity index is 271. The predicted octanol–water partition coefficient (Wildman–Crippen LogP) is 12.6. The van der Waals surface area contributed by atoms with Crippen LogP contribution < -0.4 is 0 Å². The second kappa shape index (κ2) is 31.3. The Labute approximate surface area is 210 Å². The van der Waals surface area contributed by atoms with E-state index in [2.05, 4.69) is 6.92 Å². The average Bonchev–Trinajstić information content (AvgIpc) is 2.81. The van der Waals surface area contributed by atoms with Gasteiger partial charge in [0.2, 0.25) is 0 Å². The molecule has 0 saturated heterocycles. The zero-order valence-corrected chi connectivity index (χ0v) is 23.3. The maximum absolute atomic E-state index is 5.71. The van der Waals surface area contributed by atoms with E-state index in [1.165, 1.54) is 186 Å². The van der Waals surface area contributed by atoms with E-state index in [0.717, 1.165) is 5.88 Å². The quantitative estimate of drug-likeness (QED) is 0.0752. The molecule has 1 heteroatoms. The third kappa shape index (κ3) is 30.3. The maximum Gasteiger partial charge on any atom is 0.0223 e. The molecule has 32 heavy (non-hydrogen) atoms. The van der Waals surface area contributed by atoms with Gasteiger partial charge in [-0.05, 0) is 6.42 Å². The van der Waals surface area contributed by atoms with Crippen molar-refractivity contribution in [2.24, 2.45) is 0 Å². The van der Waals surface area contributed by atoms with Crippen LogP contribution in [-0.4, -0.2) is 5.88 Å². The monoisotopic (exact) mass is 470 g/mol. The number of rotatable bonds is 29. The van der Waals surface area contributed by atoms with E-state index in [-0.39, 0.29) is 0 Å². The van der Waals surface area contributed by atoms with Crippen LogP contribution in [0.2, 0.25) is 0 Å². The van der Waals surface area contributed by atoms with Crippen LogP contribution in [0.4, 0.5) is 0 Å². The van der Waals surface area contributed by atoms with Crippen LogP contribution >= 0.6 is 11.6 Å². The molecule has 0 aliphatic carbocycles. The van der Waals surface area contributed by atoms with Gasteiger partial charge in [0.1, 0.15) is 0 Å². The van der Waals surface area contributed by atoms with Crippen LogP contribution in [0.1, 0.15) is 193 Å². The van der Waals surface area contributed by atoms with Crippen molar-refractivity contribution < 1.29 is 0 Å². The molecule has 0 aromatic carbocycles. The molecule has 0 bridgehead atoms. The fraction of sp³-hybridized carbons (Fsp3) is 1.00. The molecular formula is C31H63Cl. The molecule has 0 aromatic heterocycles. The molecule has 0 aromatic rings. The molecule has 194 valence electrons. The molecule has 0 unspecified atom stereocenters. The molecule has 0 radical (unpaired) electrons. The minimum atomic E-state index is 0.847. The number of alkyl halides is 1. The van der Waals surface area contributed by atoms with Gasteiger partial charge in [0, 0.05) is 5.88 Å². The largest absolute Gasteiger partial charge is 0.127 e. The summed E-state index contributed by atoms with van der Waals surface area (Å²) in [6, 6.07) is 0. The summed E-state index contributed by atoms with van der Waals surface area (Å²) in [5, 5.41) is 0. The Balaban J connectivity index is 2.98. The molecule has 0 spiro atoms. The molecule has 0 amide bonds. The van der Waals surface area contributed by atoms with E-state index in [4.69, 9.17) is 11.6 Å². The minimum absolute atomic E-state index is 0.847. The van der Waals surface area contributed by atoms with Gasteiger partial charge in [0.15, 0.2) is 0 Å². The molecular weight excluding hydrogens is 408 g/mol. The van der Waals surface area contributed by atoms with Gasteiger partial charge in [-0.2, -0.15) is 0 Å². The lowest BCUT2D eigenvalue weighted by Crippen LogP contribution is -1.85. The van der Waals surface area contributed by atoms with Gasteiger partial charge < -0.3 is 0 Å². The molecule has 0 rings (SSSR count). The van der Waals surface area contributed by atoms with Crippen LogP contribution in [0.5, 0.6) is 0 Å². The van der Waals surface area contributed by atoms with Crippen LogP contribution in [0, 0.1) is 0 Å². The molecule has 0 aliphatic heterocycles.